The van der Waals surface area contributed by atoms with Gasteiger partial charge in [0, 0.05) is 19.7 Å². The number of ether oxygens (including phenoxy) is 1. The molecule has 0 unspecified atom stereocenters. The van der Waals surface area contributed by atoms with E-state index in [9.17, 15) is 9.90 Å². The third-order valence-electron chi connectivity index (χ3n) is 2.51. The van der Waals surface area contributed by atoms with Gasteiger partial charge in [0.05, 0.1) is 25.1 Å². The van der Waals surface area contributed by atoms with Gasteiger partial charge in [-0.25, -0.2) is 9.31 Å². The molecule has 0 aliphatic rings. The number of aliphatic hydroxyl groups is 1. The van der Waals surface area contributed by atoms with Gasteiger partial charge in [-0.3, -0.25) is 0 Å². The lowest BCUT2D eigenvalue weighted by Gasteiger charge is -2.05. The van der Waals surface area contributed by atoms with Gasteiger partial charge in [-0.1, -0.05) is 0 Å². The molecule has 0 saturated carbocycles. The molecule has 92 valence electrons. The highest BCUT2D eigenvalue weighted by Gasteiger charge is 2.14. The van der Waals surface area contributed by atoms with Crippen LogP contribution in [0.3, 0.4) is 0 Å². The van der Waals surface area contributed by atoms with Crippen LogP contribution in [0, 0.1) is 0 Å². The number of aliphatic hydroxyl groups excluding tert-OH is 1. The fourth-order valence-corrected chi connectivity index (χ4v) is 1.71. The normalized spacial score (nSPS) is 11.2. The fourth-order valence-electron chi connectivity index (χ4n) is 1.71. The van der Waals surface area contributed by atoms with Crippen molar-refractivity contribution in [3.05, 3.63) is 23.7 Å². The van der Waals surface area contributed by atoms with E-state index in [0.29, 0.717) is 24.5 Å². The Balaban J connectivity index is 2.47. The number of carboxylic acid groups (broad SMARTS) is 1. The first-order valence-electron chi connectivity index (χ1n) is 5.08. The number of methoxy groups -OCH3 is 1. The first kappa shape index (κ1) is 11.6. The second-order valence-corrected chi connectivity index (χ2v) is 3.56. The molecule has 0 saturated heterocycles. The molecule has 0 amide bonds. The summed E-state index contributed by atoms with van der Waals surface area (Å²) in [5.74, 6) is -1.07. The Morgan fingerprint density at radius 1 is 1.59 bits per heavy atom. The third kappa shape index (κ3) is 2.02. The van der Waals surface area contributed by atoms with E-state index in [1.165, 1.54) is 10.6 Å². The van der Waals surface area contributed by atoms with E-state index < -0.39 is 5.97 Å². The average molecular weight is 239 g/mol. The van der Waals surface area contributed by atoms with Crippen LogP contribution in [-0.2, 0) is 17.9 Å². The molecule has 2 rings (SSSR count). The van der Waals surface area contributed by atoms with Crippen molar-refractivity contribution in [3.63, 3.8) is 0 Å². The largest absolute Gasteiger partial charge is 0.476 e. The number of fused-ring (bicyclic) bond motifs is 1. The summed E-state index contributed by atoms with van der Waals surface area (Å²) in [7, 11) is 1.58. The van der Waals surface area contributed by atoms with Gasteiger partial charge in [-0.15, -0.1) is 0 Å². The highest BCUT2D eigenvalue weighted by molar-refractivity contribution is 5.86. The molecule has 2 N–H and O–H groups in total. The van der Waals surface area contributed by atoms with Gasteiger partial charge in [-0.05, 0) is 0 Å². The summed E-state index contributed by atoms with van der Waals surface area (Å²) in [4.78, 5) is 10.8. The molecular weight excluding hydrogens is 226 g/mol. The smallest absolute Gasteiger partial charge is 0.356 e. The van der Waals surface area contributed by atoms with Crippen LogP contribution >= 0.6 is 0 Å². The summed E-state index contributed by atoms with van der Waals surface area (Å²) in [6.45, 7) is 0.883. The lowest BCUT2D eigenvalue weighted by molar-refractivity contribution is 0.0690. The van der Waals surface area contributed by atoms with Crippen LogP contribution in [0.5, 0.6) is 0 Å². The van der Waals surface area contributed by atoms with Crippen LogP contribution in [0.2, 0.25) is 0 Å². The lowest BCUT2D eigenvalue weighted by atomic mass is 10.4. The van der Waals surface area contributed by atoms with E-state index in [0.717, 1.165) is 0 Å². The SMILES string of the molecule is COCCn1c(CO)cn2nc(C(=O)O)cc12. The minimum absolute atomic E-state index is 0.0179. The Kier molecular flexibility index (Phi) is 3.12. The number of rotatable bonds is 5. The van der Waals surface area contributed by atoms with E-state index in [2.05, 4.69) is 5.10 Å². The van der Waals surface area contributed by atoms with Crippen LogP contribution in [0.15, 0.2) is 12.3 Å². The minimum atomic E-state index is -1.07. The maximum atomic E-state index is 10.8. The molecule has 0 aliphatic carbocycles. The van der Waals surface area contributed by atoms with Crippen molar-refractivity contribution in [1.29, 1.82) is 0 Å². The molecule has 7 nitrogen and oxygen atoms in total. The van der Waals surface area contributed by atoms with Gasteiger partial charge in [0.2, 0.25) is 0 Å². The molecule has 2 aromatic rings. The summed E-state index contributed by atoms with van der Waals surface area (Å²) in [5, 5.41) is 21.9. The van der Waals surface area contributed by atoms with Crippen molar-refractivity contribution in [2.45, 2.75) is 13.2 Å². The van der Waals surface area contributed by atoms with E-state index in [-0.39, 0.29) is 12.3 Å². The minimum Gasteiger partial charge on any atom is -0.476 e. The Bertz CT molecular complexity index is 543. The monoisotopic (exact) mass is 239 g/mol. The Morgan fingerprint density at radius 3 is 2.94 bits per heavy atom. The van der Waals surface area contributed by atoms with Crippen molar-refractivity contribution in [2.75, 3.05) is 13.7 Å². The van der Waals surface area contributed by atoms with Crippen LogP contribution in [0.25, 0.3) is 5.65 Å². The number of hydrogen-bond acceptors (Lipinski definition) is 4. The number of aromatic nitrogens is 3. The summed E-state index contributed by atoms with van der Waals surface area (Å²) < 4.78 is 8.20. The Hall–Kier alpha value is -1.86. The average Bonchev–Trinajstić information content (AvgIpc) is 2.83. The zero-order valence-corrected chi connectivity index (χ0v) is 9.33. The highest BCUT2D eigenvalue weighted by atomic mass is 16.5. The number of imidazole rings is 1. The summed E-state index contributed by atoms with van der Waals surface area (Å²) in [6.07, 6.45) is 1.61. The van der Waals surface area contributed by atoms with E-state index in [1.54, 1.807) is 17.9 Å². The topological polar surface area (TPSA) is 89.0 Å². The molecule has 0 spiro atoms. The third-order valence-corrected chi connectivity index (χ3v) is 2.51. The van der Waals surface area contributed by atoms with Crippen molar-refractivity contribution in [2.24, 2.45) is 0 Å². The number of carboxylic acids is 1. The van der Waals surface area contributed by atoms with Crippen LogP contribution in [0.4, 0.5) is 0 Å². The van der Waals surface area contributed by atoms with Gasteiger partial charge >= 0.3 is 5.97 Å². The summed E-state index contributed by atoms with van der Waals surface area (Å²) in [5.41, 5.74) is 1.28. The van der Waals surface area contributed by atoms with Gasteiger partial charge in [0.25, 0.3) is 0 Å². The van der Waals surface area contributed by atoms with Crippen molar-refractivity contribution < 1.29 is 19.7 Å². The fraction of sp³-hybridized carbons (Fsp3) is 0.400. The van der Waals surface area contributed by atoms with Gasteiger partial charge in [0.1, 0.15) is 5.65 Å². The summed E-state index contributed by atoms with van der Waals surface area (Å²) >= 11 is 0. The van der Waals surface area contributed by atoms with Crippen LogP contribution in [-0.4, -0.2) is 44.1 Å². The second kappa shape index (κ2) is 4.56. The first-order chi connectivity index (χ1) is 8.17. The molecule has 0 aliphatic heterocycles. The summed E-state index contributed by atoms with van der Waals surface area (Å²) in [6, 6.07) is 1.47. The van der Waals surface area contributed by atoms with Gasteiger partial charge < -0.3 is 19.5 Å². The number of carbonyl (C=O) groups is 1. The molecule has 0 bridgehead atoms. The molecule has 0 atom stereocenters. The highest BCUT2D eigenvalue weighted by Crippen LogP contribution is 2.13. The van der Waals surface area contributed by atoms with Crippen LogP contribution in [0.1, 0.15) is 16.2 Å². The Morgan fingerprint density at radius 2 is 2.35 bits per heavy atom. The lowest BCUT2D eigenvalue weighted by Crippen LogP contribution is -2.07. The Labute approximate surface area is 96.8 Å². The predicted molar refractivity (Wildman–Crippen MR) is 57.9 cm³/mol. The molecule has 0 fully saturated rings. The molecular formula is C10H13N3O4. The van der Waals surface area contributed by atoms with Crippen molar-refractivity contribution in [1.82, 2.24) is 14.2 Å². The predicted octanol–water partition coefficient (Wildman–Crippen LogP) is -0.0273. The second-order valence-electron chi connectivity index (χ2n) is 3.56. The molecule has 0 radical (unpaired) electrons. The zero-order valence-electron chi connectivity index (χ0n) is 9.33. The van der Waals surface area contributed by atoms with E-state index >= 15 is 0 Å². The molecule has 0 aromatic carbocycles. The molecule has 17 heavy (non-hydrogen) atoms. The van der Waals surface area contributed by atoms with Crippen LogP contribution < -0.4 is 0 Å². The number of aromatic carboxylic acids is 1. The molecule has 2 aromatic heterocycles. The van der Waals surface area contributed by atoms with Crippen molar-refractivity contribution in [3.8, 4) is 0 Å². The van der Waals surface area contributed by atoms with Crippen molar-refractivity contribution >= 4 is 11.6 Å². The molecule has 2 heterocycles. The van der Waals surface area contributed by atoms with Gasteiger partial charge in [0.15, 0.2) is 5.69 Å². The van der Waals surface area contributed by atoms with E-state index in [4.69, 9.17) is 9.84 Å². The maximum absolute atomic E-state index is 10.8. The first-order valence-corrected chi connectivity index (χ1v) is 5.08. The van der Waals surface area contributed by atoms with E-state index in [1.807, 2.05) is 0 Å². The maximum Gasteiger partial charge on any atom is 0.356 e. The number of nitrogens with zero attached hydrogens (tertiary/aromatic N) is 3. The zero-order chi connectivity index (χ0) is 12.4. The molecule has 7 heteroatoms. The number of hydrogen-bond donors (Lipinski definition) is 2. The quantitative estimate of drug-likeness (QED) is 0.765. The van der Waals surface area contributed by atoms with Gasteiger partial charge in [-0.2, -0.15) is 5.10 Å². The standard InChI is InChI=1S/C10H13N3O4/c1-17-3-2-12-7(6-14)5-13-9(12)4-8(11-13)10(15)16/h4-5,14H,2-3,6H2,1H3,(H,15,16).